The lowest BCUT2D eigenvalue weighted by atomic mass is 9.77. The van der Waals surface area contributed by atoms with Gasteiger partial charge in [0.1, 0.15) is 0 Å². The van der Waals surface area contributed by atoms with Crippen LogP contribution in [-0.4, -0.2) is 48.0 Å². The van der Waals surface area contributed by atoms with E-state index in [1.807, 2.05) is 0 Å². The van der Waals surface area contributed by atoms with E-state index >= 15 is 0 Å². The SMILES string of the molecule is CCCNC(=O)C1Cc2c([nH]c3cc(Br)ccc23)C2(CCN(CCc3ccccc3)CC2)N1. The topological polar surface area (TPSA) is 60.2 Å². The molecule has 3 aromatic rings. The second-order valence-electron chi connectivity index (χ2n) is 9.52. The van der Waals surface area contributed by atoms with Crippen LogP contribution in [0.4, 0.5) is 0 Å². The fourth-order valence-corrected chi connectivity index (χ4v) is 5.88. The maximum Gasteiger partial charge on any atom is 0.237 e. The number of benzene rings is 2. The molecule has 0 bridgehead atoms. The van der Waals surface area contributed by atoms with E-state index in [1.54, 1.807) is 0 Å². The van der Waals surface area contributed by atoms with E-state index in [2.05, 4.69) is 91.9 Å². The van der Waals surface area contributed by atoms with Gasteiger partial charge in [-0.15, -0.1) is 0 Å². The van der Waals surface area contributed by atoms with Crippen molar-refractivity contribution in [2.24, 2.45) is 0 Å². The quantitative estimate of drug-likeness (QED) is 0.459. The van der Waals surface area contributed by atoms with Crippen molar-refractivity contribution in [3.63, 3.8) is 0 Å². The van der Waals surface area contributed by atoms with Gasteiger partial charge in [-0.25, -0.2) is 0 Å². The van der Waals surface area contributed by atoms with Crippen LogP contribution in [0.25, 0.3) is 10.9 Å². The largest absolute Gasteiger partial charge is 0.357 e. The molecule has 1 unspecified atom stereocenters. The Morgan fingerprint density at radius 1 is 1.18 bits per heavy atom. The maximum absolute atomic E-state index is 13.0. The molecular weight excluding hydrogens is 476 g/mol. The highest BCUT2D eigenvalue weighted by Crippen LogP contribution is 2.42. The van der Waals surface area contributed by atoms with E-state index in [-0.39, 0.29) is 17.5 Å². The number of likely N-dealkylation sites (tertiary alicyclic amines) is 1. The average Bonchev–Trinajstić information content (AvgIpc) is 3.21. The van der Waals surface area contributed by atoms with Gasteiger partial charge in [0.15, 0.2) is 0 Å². The number of hydrogen-bond donors (Lipinski definition) is 3. The van der Waals surface area contributed by atoms with Crippen LogP contribution in [0.3, 0.4) is 0 Å². The zero-order valence-corrected chi connectivity index (χ0v) is 20.9. The summed E-state index contributed by atoms with van der Waals surface area (Å²) in [6.07, 6.45) is 4.76. The van der Waals surface area contributed by atoms with Gasteiger partial charge in [0.25, 0.3) is 0 Å². The van der Waals surface area contributed by atoms with E-state index in [0.29, 0.717) is 0 Å². The highest BCUT2D eigenvalue weighted by atomic mass is 79.9. The van der Waals surface area contributed by atoms with Gasteiger partial charge in [-0.3, -0.25) is 10.1 Å². The van der Waals surface area contributed by atoms with Crippen molar-refractivity contribution in [2.45, 2.75) is 50.6 Å². The number of amides is 1. The summed E-state index contributed by atoms with van der Waals surface area (Å²) < 4.78 is 1.07. The summed E-state index contributed by atoms with van der Waals surface area (Å²) in [6.45, 7) is 5.96. The number of carbonyl (C=O) groups is 1. The van der Waals surface area contributed by atoms with Crippen LogP contribution in [0.15, 0.2) is 53.0 Å². The van der Waals surface area contributed by atoms with Crippen LogP contribution in [0.2, 0.25) is 0 Å². The third-order valence-corrected chi connectivity index (χ3v) is 7.83. The molecule has 3 heterocycles. The molecule has 0 aliphatic carbocycles. The lowest BCUT2D eigenvalue weighted by molar-refractivity contribution is -0.124. The lowest BCUT2D eigenvalue weighted by Crippen LogP contribution is -2.61. The number of H-pyrrole nitrogens is 1. The monoisotopic (exact) mass is 508 g/mol. The minimum absolute atomic E-state index is 0.125. The lowest BCUT2D eigenvalue weighted by Gasteiger charge is -2.47. The Hall–Kier alpha value is -2.15. The van der Waals surface area contributed by atoms with Crippen LogP contribution in [0, 0.1) is 0 Å². The second kappa shape index (κ2) is 9.61. The predicted molar refractivity (Wildman–Crippen MR) is 137 cm³/mol. The number of aromatic amines is 1. The number of hydrogen-bond acceptors (Lipinski definition) is 3. The first-order valence-corrected chi connectivity index (χ1v) is 13.0. The fraction of sp³-hybridized carbons (Fsp3) is 0.444. The minimum Gasteiger partial charge on any atom is -0.357 e. The van der Waals surface area contributed by atoms with E-state index in [0.717, 1.165) is 68.3 Å². The highest BCUT2D eigenvalue weighted by Gasteiger charge is 2.45. The van der Waals surface area contributed by atoms with Crippen molar-refractivity contribution in [3.8, 4) is 0 Å². The number of carbonyl (C=O) groups excluding carboxylic acids is 1. The highest BCUT2D eigenvalue weighted by molar-refractivity contribution is 9.10. The Morgan fingerprint density at radius 2 is 1.97 bits per heavy atom. The summed E-state index contributed by atoms with van der Waals surface area (Å²) >= 11 is 3.61. The minimum atomic E-state index is -0.192. The number of piperidine rings is 1. The number of rotatable bonds is 6. The Bertz CT molecular complexity index is 1120. The molecule has 174 valence electrons. The van der Waals surface area contributed by atoms with Crippen molar-refractivity contribution in [2.75, 3.05) is 26.2 Å². The van der Waals surface area contributed by atoms with Gasteiger partial charge in [0.2, 0.25) is 5.91 Å². The summed E-state index contributed by atoms with van der Waals surface area (Å²) in [5.74, 6) is 0.125. The number of aromatic nitrogens is 1. The van der Waals surface area contributed by atoms with Crippen molar-refractivity contribution in [1.82, 2.24) is 20.5 Å². The van der Waals surface area contributed by atoms with Gasteiger partial charge >= 0.3 is 0 Å². The Labute approximate surface area is 204 Å². The standard InChI is InChI=1S/C27H33BrN4O/c1-2-13-29-26(33)24-18-22-21-9-8-20(28)17-23(21)30-25(22)27(31-24)11-15-32(16-12-27)14-10-19-6-4-3-5-7-19/h3-9,17,24,30-31H,2,10-16,18H2,1H3,(H,29,33). The van der Waals surface area contributed by atoms with Gasteiger partial charge in [0.05, 0.1) is 11.6 Å². The molecule has 1 fully saturated rings. The normalized spacial score (nSPS) is 20.1. The van der Waals surface area contributed by atoms with Crippen LogP contribution in [-0.2, 0) is 23.2 Å². The first-order valence-electron chi connectivity index (χ1n) is 12.2. The molecule has 0 radical (unpaired) electrons. The fourth-order valence-electron chi connectivity index (χ4n) is 5.52. The van der Waals surface area contributed by atoms with Gasteiger partial charge in [-0.05, 0) is 55.4 Å². The number of nitrogens with zero attached hydrogens (tertiary/aromatic N) is 1. The van der Waals surface area contributed by atoms with Gasteiger partial charge in [-0.1, -0.05) is 59.3 Å². The summed E-state index contributed by atoms with van der Waals surface area (Å²) in [6, 6.07) is 17.0. The first-order chi connectivity index (χ1) is 16.1. The molecule has 33 heavy (non-hydrogen) atoms. The molecular formula is C27H33BrN4O. The molecule has 5 rings (SSSR count). The first kappa shape index (κ1) is 22.6. The Balaban J connectivity index is 1.39. The predicted octanol–water partition coefficient (Wildman–Crippen LogP) is 4.50. The summed E-state index contributed by atoms with van der Waals surface area (Å²) in [7, 11) is 0. The smallest absolute Gasteiger partial charge is 0.237 e. The van der Waals surface area contributed by atoms with Crippen LogP contribution in [0.5, 0.6) is 0 Å². The zero-order valence-electron chi connectivity index (χ0n) is 19.3. The average molecular weight is 509 g/mol. The summed E-state index contributed by atoms with van der Waals surface area (Å²) in [5, 5.41) is 8.19. The van der Waals surface area contributed by atoms with Gasteiger partial charge in [0, 0.05) is 47.2 Å². The van der Waals surface area contributed by atoms with Crippen LogP contribution in [0.1, 0.15) is 43.0 Å². The van der Waals surface area contributed by atoms with Crippen molar-refractivity contribution >= 4 is 32.7 Å². The third kappa shape index (κ3) is 4.61. The zero-order chi connectivity index (χ0) is 22.8. The summed E-state index contributed by atoms with van der Waals surface area (Å²) in [5.41, 5.74) is 4.96. The van der Waals surface area contributed by atoms with Crippen molar-refractivity contribution in [1.29, 1.82) is 0 Å². The molecule has 1 aromatic heterocycles. The van der Waals surface area contributed by atoms with Crippen molar-refractivity contribution in [3.05, 3.63) is 69.8 Å². The Morgan fingerprint density at radius 3 is 2.73 bits per heavy atom. The Kier molecular flexibility index (Phi) is 6.59. The molecule has 2 aliphatic heterocycles. The molecule has 3 N–H and O–H groups in total. The van der Waals surface area contributed by atoms with Crippen molar-refractivity contribution < 1.29 is 4.79 Å². The van der Waals surface area contributed by atoms with E-state index in [9.17, 15) is 4.79 Å². The third-order valence-electron chi connectivity index (χ3n) is 7.34. The molecule has 2 aromatic carbocycles. The number of fused-ring (bicyclic) bond motifs is 4. The molecule has 1 atom stereocenters. The molecule has 1 saturated heterocycles. The molecule has 0 saturated carbocycles. The second-order valence-corrected chi connectivity index (χ2v) is 10.4. The molecule has 5 nitrogen and oxygen atoms in total. The number of nitrogens with one attached hydrogen (secondary N) is 3. The molecule has 1 spiro atoms. The van der Waals surface area contributed by atoms with Gasteiger partial charge in [-0.2, -0.15) is 0 Å². The molecule has 6 heteroatoms. The molecule has 2 aliphatic rings. The van der Waals surface area contributed by atoms with E-state index in [4.69, 9.17) is 0 Å². The molecule has 1 amide bonds. The maximum atomic E-state index is 13.0. The number of halogens is 1. The van der Waals surface area contributed by atoms with Crippen LogP contribution < -0.4 is 10.6 Å². The van der Waals surface area contributed by atoms with E-state index in [1.165, 1.54) is 22.2 Å². The van der Waals surface area contributed by atoms with E-state index < -0.39 is 0 Å². The van der Waals surface area contributed by atoms with Crippen LogP contribution >= 0.6 is 15.9 Å². The van der Waals surface area contributed by atoms with Gasteiger partial charge < -0.3 is 15.2 Å². The summed E-state index contributed by atoms with van der Waals surface area (Å²) in [4.78, 5) is 19.3.